The number of hydrogen-bond donors (Lipinski definition) is 1. The lowest BCUT2D eigenvalue weighted by Crippen LogP contribution is -2.07. The van der Waals surface area contributed by atoms with Crippen molar-refractivity contribution in [1.29, 1.82) is 0 Å². The van der Waals surface area contributed by atoms with Crippen molar-refractivity contribution >= 4 is 27.5 Å². The lowest BCUT2D eigenvalue weighted by molar-refractivity contribution is 0.315. The van der Waals surface area contributed by atoms with Crippen LogP contribution >= 0.6 is 0 Å². The molecule has 0 atom stereocenters. The molecule has 0 amide bonds. The summed E-state index contributed by atoms with van der Waals surface area (Å²) in [7, 11) is 0. The van der Waals surface area contributed by atoms with Gasteiger partial charge in [-0.1, -0.05) is 42.5 Å². The van der Waals surface area contributed by atoms with E-state index in [9.17, 15) is 0 Å². The van der Waals surface area contributed by atoms with E-state index in [4.69, 9.17) is 4.74 Å². The zero-order valence-electron chi connectivity index (χ0n) is 15.4. The molecule has 0 fully saturated rings. The van der Waals surface area contributed by atoms with Crippen molar-refractivity contribution in [3.05, 3.63) is 85.5 Å². The molecule has 27 heavy (non-hydrogen) atoms. The Kier molecular flexibility index (Phi) is 5.10. The summed E-state index contributed by atoms with van der Waals surface area (Å²) >= 11 is 0. The smallest absolute Gasteiger partial charge is 0.121 e. The van der Waals surface area contributed by atoms with Gasteiger partial charge in [0.05, 0.1) is 12.1 Å². The Morgan fingerprint density at radius 3 is 2.52 bits per heavy atom. The first-order valence-electron chi connectivity index (χ1n) is 9.40. The second-order valence-electron chi connectivity index (χ2n) is 6.59. The van der Waals surface area contributed by atoms with E-state index in [1.165, 1.54) is 21.8 Å². The minimum atomic E-state index is 0.688. The van der Waals surface area contributed by atoms with Crippen molar-refractivity contribution in [2.75, 3.05) is 18.5 Å². The van der Waals surface area contributed by atoms with Gasteiger partial charge in [-0.15, -0.1) is 6.58 Å². The van der Waals surface area contributed by atoms with Crippen LogP contribution in [0.5, 0.6) is 5.75 Å². The topological polar surface area (TPSA) is 26.2 Å². The second-order valence-corrected chi connectivity index (χ2v) is 6.59. The van der Waals surface area contributed by atoms with Crippen LogP contribution in [-0.4, -0.2) is 17.7 Å². The summed E-state index contributed by atoms with van der Waals surface area (Å²) in [6.45, 7) is 6.27. The monoisotopic (exact) mass is 356 g/mol. The van der Waals surface area contributed by atoms with E-state index in [1.807, 2.05) is 24.3 Å². The van der Waals surface area contributed by atoms with Gasteiger partial charge in [-0.2, -0.15) is 0 Å². The average Bonchev–Trinajstić information content (AvgIpc) is 3.02. The largest absolute Gasteiger partial charge is 0.493 e. The first-order valence-corrected chi connectivity index (χ1v) is 9.40. The molecule has 0 aliphatic heterocycles. The van der Waals surface area contributed by atoms with E-state index in [2.05, 4.69) is 71.1 Å². The predicted octanol–water partition coefficient (Wildman–Crippen LogP) is 5.86. The van der Waals surface area contributed by atoms with Crippen molar-refractivity contribution in [1.82, 2.24) is 4.57 Å². The Bertz CT molecular complexity index is 1050. The molecular formula is C24H24N2O. The number of nitrogens with one attached hydrogen (secondary N) is 1. The van der Waals surface area contributed by atoms with Crippen molar-refractivity contribution < 1.29 is 4.74 Å². The number of rotatable bonds is 8. The van der Waals surface area contributed by atoms with Gasteiger partial charge < -0.3 is 14.6 Å². The molecule has 0 unspecified atom stereocenters. The van der Waals surface area contributed by atoms with Crippen LogP contribution in [-0.2, 0) is 6.54 Å². The van der Waals surface area contributed by atoms with E-state index >= 15 is 0 Å². The summed E-state index contributed by atoms with van der Waals surface area (Å²) < 4.78 is 8.30. The minimum Gasteiger partial charge on any atom is -0.493 e. The summed E-state index contributed by atoms with van der Waals surface area (Å²) in [6, 6.07) is 25.1. The number of para-hydroxylation sites is 2. The molecule has 1 aromatic heterocycles. The molecule has 136 valence electrons. The number of allylic oxidation sites excluding steroid dienone is 1. The van der Waals surface area contributed by atoms with Crippen LogP contribution < -0.4 is 10.1 Å². The summed E-state index contributed by atoms with van der Waals surface area (Å²) in [5.41, 5.74) is 3.57. The molecule has 4 rings (SSSR count). The number of nitrogens with zero attached hydrogens (tertiary/aromatic N) is 1. The fourth-order valence-corrected chi connectivity index (χ4v) is 3.50. The van der Waals surface area contributed by atoms with Gasteiger partial charge in [-0.25, -0.2) is 0 Å². The molecule has 3 aromatic carbocycles. The summed E-state index contributed by atoms with van der Waals surface area (Å²) in [6.07, 6.45) is 2.89. The van der Waals surface area contributed by atoms with Gasteiger partial charge in [-0.3, -0.25) is 0 Å². The van der Waals surface area contributed by atoms with Crippen molar-refractivity contribution in [3.8, 4) is 5.75 Å². The van der Waals surface area contributed by atoms with Gasteiger partial charge in [-0.05, 0) is 36.8 Å². The van der Waals surface area contributed by atoms with Gasteiger partial charge >= 0.3 is 0 Å². The number of fused-ring (bicyclic) bond motifs is 3. The third kappa shape index (κ3) is 3.68. The molecular weight excluding hydrogens is 332 g/mol. The van der Waals surface area contributed by atoms with Crippen LogP contribution in [0.3, 0.4) is 0 Å². The van der Waals surface area contributed by atoms with Crippen LogP contribution in [0.25, 0.3) is 21.8 Å². The number of ether oxygens (including phenoxy) is 1. The van der Waals surface area contributed by atoms with Crippen molar-refractivity contribution in [2.45, 2.75) is 13.0 Å². The highest BCUT2D eigenvalue weighted by Gasteiger charge is 2.10. The van der Waals surface area contributed by atoms with Gasteiger partial charge in [0.2, 0.25) is 0 Å². The highest BCUT2D eigenvalue weighted by Crippen LogP contribution is 2.31. The Labute approximate surface area is 159 Å². The van der Waals surface area contributed by atoms with Gasteiger partial charge in [0.25, 0.3) is 0 Å². The quantitative estimate of drug-likeness (QED) is 0.316. The number of hydrogen-bond acceptors (Lipinski definition) is 2. The van der Waals surface area contributed by atoms with E-state index < -0.39 is 0 Å². The molecule has 1 heterocycles. The maximum atomic E-state index is 6.00. The van der Waals surface area contributed by atoms with Gasteiger partial charge in [0.15, 0.2) is 0 Å². The maximum Gasteiger partial charge on any atom is 0.121 e. The fourth-order valence-electron chi connectivity index (χ4n) is 3.50. The molecule has 0 aliphatic carbocycles. The minimum absolute atomic E-state index is 0.688. The van der Waals surface area contributed by atoms with E-state index in [0.29, 0.717) is 6.61 Å². The van der Waals surface area contributed by atoms with Crippen LogP contribution in [0.15, 0.2) is 85.5 Å². The molecule has 0 bridgehead atoms. The Morgan fingerprint density at radius 1 is 0.889 bits per heavy atom. The maximum absolute atomic E-state index is 6.00. The molecule has 0 saturated heterocycles. The van der Waals surface area contributed by atoms with E-state index in [-0.39, 0.29) is 0 Å². The van der Waals surface area contributed by atoms with Crippen LogP contribution in [0, 0.1) is 0 Å². The second kappa shape index (κ2) is 8.00. The molecule has 4 aromatic rings. The van der Waals surface area contributed by atoms with Crippen LogP contribution in [0.2, 0.25) is 0 Å². The molecule has 3 heteroatoms. The Hall–Kier alpha value is -3.20. The standard InChI is InChI=1S/C24H24N2O/c1-2-16-26-23-12-7-6-11-21(23)22-14-13-20(18-24(22)26)27-17-8-15-25-19-9-4-3-5-10-19/h2-7,9-14,18,25H,1,8,15-17H2. The normalized spacial score (nSPS) is 11.0. The number of benzene rings is 3. The Balaban J connectivity index is 1.46. The van der Waals surface area contributed by atoms with Gasteiger partial charge in [0, 0.05) is 41.1 Å². The average molecular weight is 356 g/mol. The summed E-state index contributed by atoms with van der Waals surface area (Å²) in [4.78, 5) is 0. The predicted molar refractivity (Wildman–Crippen MR) is 115 cm³/mol. The SMILES string of the molecule is C=CCn1c2ccccc2c2ccc(OCCCNc3ccccc3)cc21. The Morgan fingerprint density at radius 2 is 1.67 bits per heavy atom. The first-order chi connectivity index (χ1) is 13.4. The molecule has 3 nitrogen and oxygen atoms in total. The van der Waals surface area contributed by atoms with Gasteiger partial charge in [0.1, 0.15) is 5.75 Å². The van der Waals surface area contributed by atoms with Crippen LogP contribution in [0.1, 0.15) is 6.42 Å². The van der Waals surface area contributed by atoms with E-state index in [1.54, 1.807) is 0 Å². The molecule has 0 spiro atoms. The highest BCUT2D eigenvalue weighted by atomic mass is 16.5. The van der Waals surface area contributed by atoms with Crippen molar-refractivity contribution in [2.24, 2.45) is 0 Å². The van der Waals surface area contributed by atoms with Crippen LogP contribution in [0.4, 0.5) is 5.69 Å². The zero-order chi connectivity index (χ0) is 18.5. The summed E-state index contributed by atoms with van der Waals surface area (Å²) in [5, 5.41) is 5.94. The molecule has 0 saturated carbocycles. The molecule has 1 N–H and O–H groups in total. The molecule has 0 radical (unpaired) electrons. The third-order valence-corrected chi connectivity index (χ3v) is 4.75. The number of aromatic nitrogens is 1. The lowest BCUT2D eigenvalue weighted by Gasteiger charge is -2.09. The lowest BCUT2D eigenvalue weighted by atomic mass is 10.1. The highest BCUT2D eigenvalue weighted by molar-refractivity contribution is 6.08. The van der Waals surface area contributed by atoms with Crippen molar-refractivity contribution in [3.63, 3.8) is 0 Å². The zero-order valence-corrected chi connectivity index (χ0v) is 15.4. The van der Waals surface area contributed by atoms with E-state index in [0.717, 1.165) is 30.9 Å². The number of anilines is 1. The molecule has 0 aliphatic rings. The fraction of sp³-hybridized carbons (Fsp3) is 0.167. The third-order valence-electron chi connectivity index (χ3n) is 4.75. The first kappa shape index (κ1) is 17.2. The summed E-state index contributed by atoms with van der Waals surface area (Å²) in [5.74, 6) is 0.912.